The highest BCUT2D eigenvalue weighted by atomic mass is 79.9. The Morgan fingerprint density at radius 2 is 2.00 bits per heavy atom. The molecule has 1 aliphatic heterocycles. The maximum Gasteiger partial charge on any atom is 0.414 e. The van der Waals surface area contributed by atoms with Gasteiger partial charge in [0.2, 0.25) is 0 Å². The van der Waals surface area contributed by atoms with Gasteiger partial charge in [0.05, 0.1) is 6.54 Å². The van der Waals surface area contributed by atoms with Gasteiger partial charge in [-0.05, 0) is 36.4 Å². The summed E-state index contributed by atoms with van der Waals surface area (Å²) in [6.07, 6.45) is -0.365. The quantitative estimate of drug-likeness (QED) is 0.908. The first-order chi connectivity index (χ1) is 10.6. The molecule has 5 nitrogen and oxygen atoms in total. The van der Waals surface area contributed by atoms with Crippen LogP contribution in [0.25, 0.3) is 0 Å². The lowest BCUT2D eigenvalue weighted by atomic mass is 10.2. The molecule has 2 aromatic carbocycles. The zero-order valence-corrected chi connectivity index (χ0v) is 13.2. The molecule has 1 N–H and O–H groups in total. The highest BCUT2D eigenvalue weighted by molar-refractivity contribution is 9.10. The summed E-state index contributed by atoms with van der Waals surface area (Å²) in [5, 5.41) is 2.83. The summed E-state index contributed by atoms with van der Waals surface area (Å²) in [5.41, 5.74) is 1.89. The third-order valence-corrected chi connectivity index (χ3v) is 3.76. The fourth-order valence-corrected chi connectivity index (χ4v) is 2.61. The van der Waals surface area contributed by atoms with Crippen molar-refractivity contribution in [1.29, 1.82) is 0 Å². The standard InChI is InChI=1S/C16H13BrN2O3/c17-12-4-1-3-11(9-12)15(20)18-13-5-2-6-14(10-13)19-7-8-22-16(19)21/h1-6,9-10H,7-8H2,(H,18,20). The topological polar surface area (TPSA) is 58.6 Å². The van der Waals surface area contributed by atoms with Gasteiger partial charge in [-0.1, -0.05) is 28.1 Å². The van der Waals surface area contributed by atoms with E-state index in [9.17, 15) is 9.59 Å². The zero-order chi connectivity index (χ0) is 15.5. The summed E-state index contributed by atoms with van der Waals surface area (Å²) in [5.74, 6) is -0.206. The van der Waals surface area contributed by atoms with Gasteiger partial charge in [-0.25, -0.2) is 4.79 Å². The monoisotopic (exact) mass is 360 g/mol. The second-order valence-corrected chi connectivity index (χ2v) is 5.70. The van der Waals surface area contributed by atoms with E-state index in [2.05, 4.69) is 21.2 Å². The van der Waals surface area contributed by atoms with Gasteiger partial charge in [-0.3, -0.25) is 9.69 Å². The predicted octanol–water partition coefficient (Wildman–Crippen LogP) is 3.66. The molecule has 0 atom stereocenters. The molecule has 0 aliphatic carbocycles. The first-order valence-electron chi connectivity index (χ1n) is 6.75. The van der Waals surface area contributed by atoms with Crippen molar-refractivity contribution < 1.29 is 14.3 Å². The minimum Gasteiger partial charge on any atom is -0.447 e. The average Bonchev–Trinajstić information content (AvgIpc) is 2.94. The molecule has 2 aromatic rings. The van der Waals surface area contributed by atoms with E-state index in [4.69, 9.17) is 4.74 Å². The third-order valence-electron chi connectivity index (χ3n) is 3.26. The second-order valence-electron chi connectivity index (χ2n) is 4.78. The van der Waals surface area contributed by atoms with Crippen LogP contribution in [0.5, 0.6) is 0 Å². The number of benzene rings is 2. The average molecular weight is 361 g/mol. The number of carbonyl (C=O) groups is 2. The van der Waals surface area contributed by atoms with Crippen molar-refractivity contribution >= 4 is 39.3 Å². The van der Waals surface area contributed by atoms with E-state index in [0.717, 1.165) is 4.47 Å². The Balaban J connectivity index is 1.78. The highest BCUT2D eigenvalue weighted by Crippen LogP contribution is 2.23. The summed E-state index contributed by atoms with van der Waals surface area (Å²) >= 11 is 3.34. The summed E-state index contributed by atoms with van der Waals surface area (Å²) in [6.45, 7) is 0.898. The Morgan fingerprint density at radius 3 is 2.73 bits per heavy atom. The molecule has 3 rings (SSSR count). The van der Waals surface area contributed by atoms with Crippen molar-refractivity contribution in [3.63, 3.8) is 0 Å². The molecule has 0 aromatic heterocycles. The van der Waals surface area contributed by atoms with Gasteiger partial charge in [0.1, 0.15) is 6.61 Å². The molecule has 0 saturated carbocycles. The molecule has 0 unspecified atom stereocenters. The van der Waals surface area contributed by atoms with Gasteiger partial charge in [0.25, 0.3) is 5.91 Å². The second kappa shape index (κ2) is 6.19. The minimum absolute atomic E-state index is 0.206. The van der Waals surface area contributed by atoms with Crippen LogP contribution in [0.2, 0.25) is 0 Å². The van der Waals surface area contributed by atoms with E-state index < -0.39 is 0 Å². The number of rotatable bonds is 3. The first kappa shape index (κ1) is 14.6. The van der Waals surface area contributed by atoms with E-state index in [1.807, 2.05) is 6.07 Å². The van der Waals surface area contributed by atoms with Crippen molar-refractivity contribution in [3.8, 4) is 0 Å². The Morgan fingerprint density at radius 1 is 1.18 bits per heavy atom. The SMILES string of the molecule is O=C(Nc1cccc(N2CCOC2=O)c1)c1cccc(Br)c1. The normalized spacial score (nSPS) is 13.9. The van der Waals surface area contributed by atoms with Gasteiger partial charge in [0.15, 0.2) is 0 Å². The van der Waals surface area contributed by atoms with Crippen molar-refractivity contribution in [2.45, 2.75) is 0 Å². The van der Waals surface area contributed by atoms with Crippen molar-refractivity contribution in [2.75, 3.05) is 23.4 Å². The van der Waals surface area contributed by atoms with Crippen LogP contribution in [0.1, 0.15) is 10.4 Å². The Kier molecular flexibility index (Phi) is 4.11. The van der Waals surface area contributed by atoms with Crippen molar-refractivity contribution in [3.05, 3.63) is 58.6 Å². The number of nitrogens with one attached hydrogen (secondary N) is 1. The smallest absolute Gasteiger partial charge is 0.414 e. The van der Waals surface area contributed by atoms with Crippen LogP contribution >= 0.6 is 15.9 Å². The van der Waals surface area contributed by atoms with E-state index in [1.54, 1.807) is 42.5 Å². The molecule has 0 bridgehead atoms. The molecule has 6 heteroatoms. The number of amides is 2. The number of hydrogen-bond acceptors (Lipinski definition) is 3. The summed E-state index contributed by atoms with van der Waals surface area (Å²) in [4.78, 5) is 25.3. The maximum atomic E-state index is 12.2. The van der Waals surface area contributed by atoms with Crippen molar-refractivity contribution in [1.82, 2.24) is 0 Å². The fourth-order valence-electron chi connectivity index (χ4n) is 2.21. The zero-order valence-electron chi connectivity index (χ0n) is 11.6. The fraction of sp³-hybridized carbons (Fsp3) is 0.125. The Bertz CT molecular complexity index is 733. The van der Waals surface area contributed by atoms with Crippen LogP contribution in [0.3, 0.4) is 0 Å². The lowest BCUT2D eigenvalue weighted by molar-refractivity contribution is 0.102. The number of anilines is 2. The molecular formula is C16H13BrN2O3. The lowest BCUT2D eigenvalue weighted by Crippen LogP contribution is -2.23. The van der Waals surface area contributed by atoms with E-state index >= 15 is 0 Å². The molecule has 1 fully saturated rings. The van der Waals surface area contributed by atoms with Gasteiger partial charge in [-0.2, -0.15) is 0 Å². The Labute approximate surface area is 136 Å². The lowest BCUT2D eigenvalue weighted by Gasteiger charge is -2.14. The molecule has 112 valence electrons. The first-order valence-corrected chi connectivity index (χ1v) is 7.54. The van der Waals surface area contributed by atoms with Crippen LogP contribution in [0, 0.1) is 0 Å². The van der Waals surface area contributed by atoms with Gasteiger partial charge < -0.3 is 10.1 Å². The number of nitrogens with zero attached hydrogens (tertiary/aromatic N) is 1. The van der Waals surface area contributed by atoms with Gasteiger partial charge in [-0.15, -0.1) is 0 Å². The largest absolute Gasteiger partial charge is 0.447 e. The van der Waals surface area contributed by atoms with E-state index in [0.29, 0.717) is 30.1 Å². The molecule has 0 spiro atoms. The maximum absolute atomic E-state index is 12.2. The van der Waals surface area contributed by atoms with Crippen LogP contribution < -0.4 is 10.2 Å². The van der Waals surface area contributed by atoms with E-state index in [1.165, 1.54) is 4.90 Å². The molecule has 1 saturated heterocycles. The van der Waals surface area contributed by atoms with Crippen LogP contribution in [0.4, 0.5) is 16.2 Å². The molecule has 1 aliphatic rings. The van der Waals surface area contributed by atoms with E-state index in [-0.39, 0.29) is 12.0 Å². The highest BCUT2D eigenvalue weighted by Gasteiger charge is 2.23. The molecule has 1 heterocycles. The third kappa shape index (κ3) is 3.12. The molecular weight excluding hydrogens is 348 g/mol. The van der Waals surface area contributed by atoms with Crippen molar-refractivity contribution in [2.24, 2.45) is 0 Å². The molecule has 22 heavy (non-hydrogen) atoms. The summed E-state index contributed by atoms with van der Waals surface area (Å²) in [7, 11) is 0. The minimum atomic E-state index is -0.365. The number of ether oxygens (including phenoxy) is 1. The Hall–Kier alpha value is -2.34. The van der Waals surface area contributed by atoms with Crippen LogP contribution in [0.15, 0.2) is 53.0 Å². The summed E-state index contributed by atoms with van der Waals surface area (Å²) in [6, 6.07) is 14.3. The van der Waals surface area contributed by atoms with Crippen LogP contribution in [-0.2, 0) is 4.74 Å². The number of halogens is 1. The van der Waals surface area contributed by atoms with Gasteiger partial charge in [0, 0.05) is 21.4 Å². The number of hydrogen-bond donors (Lipinski definition) is 1. The number of carbonyl (C=O) groups excluding carboxylic acids is 2. The summed E-state index contributed by atoms with van der Waals surface area (Å²) < 4.78 is 5.76. The number of cyclic esters (lactones) is 1. The molecule has 2 amide bonds. The van der Waals surface area contributed by atoms with Crippen LogP contribution in [-0.4, -0.2) is 25.2 Å². The van der Waals surface area contributed by atoms with Gasteiger partial charge >= 0.3 is 6.09 Å². The predicted molar refractivity (Wildman–Crippen MR) is 87.2 cm³/mol. The molecule has 0 radical (unpaired) electrons.